The molecule has 1 heterocycles. The van der Waals surface area contributed by atoms with Crippen molar-refractivity contribution < 1.29 is 23.0 Å². The molecule has 5 heteroatoms. The summed E-state index contributed by atoms with van der Waals surface area (Å²) in [5.74, 6) is 3.71. The standard InChI is InChI=1S/C29H47F3O2/c1-26-14-11-25-23(9-7-22-19-28(33,29(30,31)32)16-15-27(22,25)2)24(26)10-8-21(26)6-4-3-5-20-12-17-34-18-13-20/h20-25,33H,3-19H2,1-2H3/t21-,22?,23?,24?,25?,26?,27?,28+/m1/s1. The number of aliphatic hydroxyl groups is 1. The maximum Gasteiger partial charge on any atom is 0.417 e. The lowest BCUT2D eigenvalue weighted by atomic mass is 9.43. The number of unbranched alkanes of at least 4 members (excludes halogenated alkanes) is 1. The van der Waals surface area contributed by atoms with E-state index in [1.807, 2.05) is 0 Å². The van der Waals surface area contributed by atoms with Crippen LogP contribution in [0.2, 0.25) is 0 Å². The number of halogens is 3. The highest BCUT2D eigenvalue weighted by molar-refractivity contribution is 5.11. The zero-order valence-electron chi connectivity index (χ0n) is 21.5. The molecular formula is C29H47F3O2. The van der Waals surface area contributed by atoms with Gasteiger partial charge in [0, 0.05) is 13.2 Å². The SMILES string of the molecule is CC12CC[C@@](O)(C(F)(F)F)CC1CCC1C2CCC2(C)C1CC[C@H]2CCCCC1CCOCC1. The highest BCUT2D eigenvalue weighted by Gasteiger charge is 2.64. The van der Waals surface area contributed by atoms with Gasteiger partial charge >= 0.3 is 6.18 Å². The maximum atomic E-state index is 13.6. The molecule has 6 unspecified atom stereocenters. The maximum absolute atomic E-state index is 13.6. The Kier molecular flexibility index (Phi) is 6.88. The van der Waals surface area contributed by atoms with Gasteiger partial charge in [0.15, 0.2) is 5.60 Å². The van der Waals surface area contributed by atoms with Gasteiger partial charge in [-0.2, -0.15) is 13.2 Å². The predicted octanol–water partition coefficient (Wildman–Crippen LogP) is 7.93. The van der Waals surface area contributed by atoms with E-state index in [0.717, 1.165) is 43.8 Å². The largest absolute Gasteiger partial charge is 0.417 e. The minimum absolute atomic E-state index is 0.0147. The Balaban J connectivity index is 1.20. The minimum Gasteiger partial charge on any atom is -0.381 e. The molecule has 1 saturated heterocycles. The molecule has 2 nitrogen and oxygen atoms in total. The van der Waals surface area contributed by atoms with Crippen molar-refractivity contribution in [2.75, 3.05) is 13.2 Å². The van der Waals surface area contributed by atoms with Crippen molar-refractivity contribution >= 4 is 0 Å². The lowest BCUT2D eigenvalue weighted by Crippen LogP contribution is -2.59. The van der Waals surface area contributed by atoms with E-state index in [0.29, 0.717) is 23.7 Å². The van der Waals surface area contributed by atoms with Crippen LogP contribution in [-0.4, -0.2) is 30.1 Å². The van der Waals surface area contributed by atoms with Crippen LogP contribution in [0.4, 0.5) is 13.2 Å². The third-order valence-electron chi connectivity index (χ3n) is 12.2. The molecule has 0 aromatic carbocycles. The third-order valence-corrected chi connectivity index (χ3v) is 12.2. The number of alkyl halides is 3. The Bertz CT molecular complexity index is 719. The van der Waals surface area contributed by atoms with Crippen LogP contribution in [0.5, 0.6) is 0 Å². The Morgan fingerprint density at radius 3 is 2.24 bits per heavy atom. The first-order chi connectivity index (χ1) is 16.1. The van der Waals surface area contributed by atoms with Crippen LogP contribution in [0.3, 0.4) is 0 Å². The number of fused-ring (bicyclic) bond motifs is 5. The topological polar surface area (TPSA) is 29.5 Å². The summed E-state index contributed by atoms with van der Waals surface area (Å²) < 4.78 is 46.3. The fourth-order valence-corrected chi connectivity index (χ4v) is 9.94. The second kappa shape index (κ2) is 9.23. The van der Waals surface area contributed by atoms with E-state index in [2.05, 4.69) is 13.8 Å². The Hall–Kier alpha value is -0.290. The van der Waals surface area contributed by atoms with E-state index in [4.69, 9.17) is 4.74 Å². The zero-order chi connectivity index (χ0) is 24.2. The van der Waals surface area contributed by atoms with E-state index < -0.39 is 11.8 Å². The molecular weight excluding hydrogens is 437 g/mol. The lowest BCUT2D eigenvalue weighted by molar-refractivity contribution is -0.290. The Morgan fingerprint density at radius 1 is 0.794 bits per heavy atom. The molecule has 196 valence electrons. The highest BCUT2D eigenvalue weighted by Crippen LogP contribution is 2.69. The van der Waals surface area contributed by atoms with Crippen LogP contribution in [0, 0.1) is 46.3 Å². The van der Waals surface area contributed by atoms with Crippen molar-refractivity contribution in [2.24, 2.45) is 46.3 Å². The first kappa shape index (κ1) is 25.4. The molecule has 0 aromatic heterocycles. The second-order valence-corrected chi connectivity index (χ2v) is 13.5. The normalized spacial score (nSPS) is 47.6. The van der Waals surface area contributed by atoms with E-state index in [9.17, 15) is 18.3 Å². The summed E-state index contributed by atoms with van der Waals surface area (Å²) in [6.45, 7) is 6.76. The van der Waals surface area contributed by atoms with Gasteiger partial charge in [-0.15, -0.1) is 0 Å². The number of rotatable bonds is 5. The summed E-state index contributed by atoms with van der Waals surface area (Å²) in [5, 5.41) is 10.4. The third kappa shape index (κ3) is 4.27. The average Bonchev–Trinajstić information content (AvgIpc) is 3.13. The molecule has 5 fully saturated rings. The Labute approximate surface area is 204 Å². The van der Waals surface area contributed by atoms with Crippen LogP contribution < -0.4 is 0 Å². The van der Waals surface area contributed by atoms with Crippen molar-refractivity contribution in [3.8, 4) is 0 Å². The van der Waals surface area contributed by atoms with Gasteiger partial charge in [-0.1, -0.05) is 33.1 Å². The lowest BCUT2D eigenvalue weighted by Gasteiger charge is -2.62. The average molecular weight is 485 g/mol. The van der Waals surface area contributed by atoms with Gasteiger partial charge in [0.2, 0.25) is 0 Å². The molecule has 5 rings (SSSR count). The van der Waals surface area contributed by atoms with Gasteiger partial charge in [-0.25, -0.2) is 0 Å². The van der Waals surface area contributed by atoms with Crippen molar-refractivity contribution in [1.29, 1.82) is 0 Å². The smallest absolute Gasteiger partial charge is 0.381 e. The highest BCUT2D eigenvalue weighted by atomic mass is 19.4. The van der Waals surface area contributed by atoms with Gasteiger partial charge in [-0.05, 0) is 123 Å². The van der Waals surface area contributed by atoms with Crippen LogP contribution in [0.15, 0.2) is 0 Å². The van der Waals surface area contributed by atoms with Crippen molar-refractivity contribution in [2.45, 2.75) is 122 Å². The van der Waals surface area contributed by atoms with Gasteiger partial charge in [0.25, 0.3) is 0 Å². The molecule has 0 radical (unpaired) electrons. The van der Waals surface area contributed by atoms with Gasteiger partial charge in [0.1, 0.15) is 0 Å². The fraction of sp³-hybridized carbons (Fsp3) is 1.00. The molecule has 4 saturated carbocycles. The summed E-state index contributed by atoms with van der Waals surface area (Å²) in [6, 6.07) is 0. The van der Waals surface area contributed by atoms with E-state index in [1.165, 1.54) is 64.2 Å². The van der Waals surface area contributed by atoms with E-state index in [1.54, 1.807) is 0 Å². The minimum atomic E-state index is -4.50. The number of ether oxygens (including phenoxy) is 1. The predicted molar refractivity (Wildman–Crippen MR) is 128 cm³/mol. The van der Waals surface area contributed by atoms with E-state index >= 15 is 0 Å². The summed E-state index contributed by atoms with van der Waals surface area (Å²) in [6.07, 6.45) is 10.9. The summed E-state index contributed by atoms with van der Waals surface area (Å²) in [7, 11) is 0. The molecule has 5 aliphatic rings. The molecule has 0 amide bonds. The number of hydrogen-bond donors (Lipinski definition) is 1. The van der Waals surface area contributed by atoms with Crippen molar-refractivity contribution in [3.63, 3.8) is 0 Å². The molecule has 0 bridgehead atoms. The van der Waals surface area contributed by atoms with Gasteiger partial charge in [0.05, 0.1) is 0 Å². The van der Waals surface area contributed by atoms with Crippen LogP contribution in [0.1, 0.15) is 110 Å². The van der Waals surface area contributed by atoms with Gasteiger partial charge in [-0.3, -0.25) is 0 Å². The second-order valence-electron chi connectivity index (χ2n) is 13.5. The van der Waals surface area contributed by atoms with Crippen LogP contribution >= 0.6 is 0 Å². The summed E-state index contributed by atoms with van der Waals surface area (Å²) in [4.78, 5) is 0. The summed E-state index contributed by atoms with van der Waals surface area (Å²) >= 11 is 0. The van der Waals surface area contributed by atoms with Crippen LogP contribution in [-0.2, 0) is 4.74 Å². The van der Waals surface area contributed by atoms with Crippen molar-refractivity contribution in [1.82, 2.24) is 0 Å². The monoisotopic (exact) mass is 484 g/mol. The van der Waals surface area contributed by atoms with Crippen LogP contribution in [0.25, 0.3) is 0 Å². The summed E-state index contributed by atoms with van der Waals surface area (Å²) in [5.41, 5.74) is -2.05. The number of hydrogen-bond acceptors (Lipinski definition) is 2. The molecule has 8 atom stereocenters. The fourth-order valence-electron chi connectivity index (χ4n) is 9.94. The Morgan fingerprint density at radius 2 is 1.50 bits per heavy atom. The first-order valence-corrected chi connectivity index (χ1v) is 14.4. The molecule has 0 spiro atoms. The van der Waals surface area contributed by atoms with Gasteiger partial charge < -0.3 is 9.84 Å². The molecule has 0 aromatic rings. The van der Waals surface area contributed by atoms with Crippen molar-refractivity contribution in [3.05, 3.63) is 0 Å². The molecule has 1 N–H and O–H groups in total. The van der Waals surface area contributed by atoms with E-state index in [-0.39, 0.29) is 24.2 Å². The molecule has 4 aliphatic carbocycles. The molecule has 1 aliphatic heterocycles. The first-order valence-electron chi connectivity index (χ1n) is 14.4. The quantitative estimate of drug-likeness (QED) is 0.402. The molecule has 34 heavy (non-hydrogen) atoms. The zero-order valence-corrected chi connectivity index (χ0v) is 21.5.